The van der Waals surface area contributed by atoms with E-state index in [1.54, 1.807) is 12.1 Å². The van der Waals surface area contributed by atoms with Crippen molar-refractivity contribution in [2.45, 2.75) is 30.9 Å². The third kappa shape index (κ3) is 3.00. The van der Waals surface area contributed by atoms with Crippen LogP contribution in [-0.4, -0.2) is 42.5 Å². The molecular formula is C15H18ClNO4. The maximum absolute atomic E-state index is 12.4. The lowest BCUT2D eigenvalue weighted by Gasteiger charge is -2.36. The Kier molecular flexibility index (Phi) is 4.06. The van der Waals surface area contributed by atoms with Crippen molar-refractivity contribution in [3.63, 3.8) is 0 Å². The van der Waals surface area contributed by atoms with E-state index in [9.17, 15) is 9.90 Å². The maximum Gasteiger partial charge on any atom is 0.261 e. The molecular weight excluding hydrogens is 294 g/mol. The number of fused-ring (bicyclic) bond motifs is 1. The van der Waals surface area contributed by atoms with Crippen LogP contribution in [0.2, 0.25) is 5.02 Å². The highest BCUT2D eigenvalue weighted by Crippen LogP contribution is 2.31. The van der Waals surface area contributed by atoms with E-state index in [0.717, 1.165) is 5.56 Å². The third-order valence-electron chi connectivity index (χ3n) is 4.13. The molecule has 0 bridgehead atoms. The lowest BCUT2D eigenvalue weighted by Crippen LogP contribution is -2.57. The van der Waals surface area contributed by atoms with E-state index in [1.165, 1.54) is 0 Å². The Bertz CT molecular complexity index is 542. The standard InChI is InChI=1S/C15H18ClNO4/c16-11-1-2-12-10(7-11)8-13(21-12)14(19)17-15(9-18)3-5-20-6-4-15/h1-2,7,13,18H,3-6,8-9H2,(H,17,19). The van der Waals surface area contributed by atoms with Crippen molar-refractivity contribution in [1.29, 1.82) is 0 Å². The van der Waals surface area contributed by atoms with Gasteiger partial charge < -0.3 is 19.9 Å². The molecule has 1 aromatic rings. The summed E-state index contributed by atoms with van der Waals surface area (Å²) < 4.78 is 11.0. The molecule has 2 aliphatic heterocycles. The Morgan fingerprint density at radius 3 is 2.90 bits per heavy atom. The number of halogens is 1. The summed E-state index contributed by atoms with van der Waals surface area (Å²) in [4.78, 5) is 12.4. The number of aliphatic hydroxyl groups is 1. The summed E-state index contributed by atoms with van der Waals surface area (Å²) in [6, 6.07) is 5.34. The minimum Gasteiger partial charge on any atom is -0.480 e. The fraction of sp³-hybridized carbons (Fsp3) is 0.533. The molecule has 1 amide bonds. The van der Waals surface area contributed by atoms with Gasteiger partial charge in [-0.05, 0) is 36.6 Å². The van der Waals surface area contributed by atoms with E-state index >= 15 is 0 Å². The van der Waals surface area contributed by atoms with Gasteiger partial charge in [-0.15, -0.1) is 0 Å². The van der Waals surface area contributed by atoms with E-state index < -0.39 is 11.6 Å². The number of carbonyl (C=O) groups excluding carboxylic acids is 1. The van der Waals surface area contributed by atoms with E-state index in [0.29, 0.717) is 43.2 Å². The first kappa shape index (κ1) is 14.6. The molecule has 114 valence electrons. The number of aliphatic hydroxyl groups excluding tert-OH is 1. The molecule has 2 N–H and O–H groups in total. The normalized spacial score (nSPS) is 23.2. The van der Waals surface area contributed by atoms with Gasteiger partial charge in [0, 0.05) is 24.7 Å². The highest BCUT2D eigenvalue weighted by molar-refractivity contribution is 6.30. The molecule has 1 fully saturated rings. The van der Waals surface area contributed by atoms with Gasteiger partial charge in [0.1, 0.15) is 5.75 Å². The van der Waals surface area contributed by atoms with Crippen LogP contribution >= 0.6 is 11.6 Å². The van der Waals surface area contributed by atoms with Crippen LogP contribution in [0.3, 0.4) is 0 Å². The summed E-state index contributed by atoms with van der Waals surface area (Å²) in [5.41, 5.74) is 0.346. The van der Waals surface area contributed by atoms with Crippen LogP contribution < -0.4 is 10.1 Å². The van der Waals surface area contributed by atoms with Crippen LogP contribution in [0.4, 0.5) is 0 Å². The van der Waals surface area contributed by atoms with Crippen LogP contribution in [0.1, 0.15) is 18.4 Å². The van der Waals surface area contributed by atoms with Crippen LogP contribution in [0.15, 0.2) is 18.2 Å². The molecule has 1 aromatic carbocycles. The molecule has 5 nitrogen and oxygen atoms in total. The summed E-state index contributed by atoms with van der Waals surface area (Å²) >= 11 is 5.95. The van der Waals surface area contributed by atoms with Gasteiger partial charge in [0.2, 0.25) is 0 Å². The zero-order chi connectivity index (χ0) is 14.9. The Morgan fingerprint density at radius 2 is 2.19 bits per heavy atom. The summed E-state index contributed by atoms with van der Waals surface area (Å²) in [7, 11) is 0. The summed E-state index contributed by atoms with van der Waals surface area (Å²) in [6.07, 6.45) is 1.16. The Hall–Kier alpha value is -1.30. The zero-order valence-electron chi connectivity index (χ0n) is 11.6. The lowest BCUT2D eigenvalue weighted by molar-refractivity contribution is -0.131. The molecule has 0 aliphatic carbocycles. The van der Waals surface area contributed by atoms with E-state index in [4.69, 9.17) is 21.1 Å². The molecule has 3 rings (SSSR count). The number of nitrogens with one attached hydrogen (secondary N) is 1. The van der Waals surface area contributed by atoms with Crippen molar-refractivity contribution in [2.75, 3.05) is 19.8 Å². The van der Waals surface area contributed by atoms with Gasteiger partial charge in [0.15, 0.2) is 6.10 Å². The average molecular weight is 312 g/mol. The highest BCUT2D eigenvalue weighted by Gasteiger charge is 2.37. The van der Waals surface area contributed by atoms with Crippen molar-refractivity contribution in [2.24, 2.45) is 0 Å². The molecule has 2 aliphatic rings. The van der Waals surface area contributed by atoms with Gasteiger partial charge in [-0.3, -0.25) is 4.79 Å². The largest absolute Gasteiger partial charge is 0.480 e. The number of benzene rings is 1. The number of carbonyl (C=O) groups is 1. The lowest BCUT2D eigenvalue weighted by atomic mass is 9.90. The highest BCUT2D eigenvalue weighted by atomic mass is 35.5. The third-order valence-corrected chi connectivity index (χ3v) is 4.37. The number of hydrogen-bond acceptors (Lipinski definition) is 4. The topological polar surface area (TPSA) is 67.8 Å². The van der Waals surface area contributed by atoms with Crippen LogP contribution in [-0.2, 0) is 16.0 Å². The molecule has 1 saturated heterocycles. The van der Waals surface area contributed by atoms with Gasteiger partial charge in [0.05, 0.1) is 12.1 Å². The van der Waals surface area contributed by atoms with Crippen molar-refractivity contribution in [3.8, 4) is 5.75 Å². The van der Waals surface area contributed by atoms with Crippen LogP contribution in [0.5, 0.6) is 5.75 Å². The van der Waals surface area contributed by atoms with E-state index in [1.807, 2.05) is 6.07 Å². The van der Waals surface area contributed by atoms with Gasteiger partial charge >= 0.3 is 0 Å². The first-order chi connectivity index (χ1) is 10.1. The summed E-state index contributed by atoms with van der Waals surface area (Å²) in [5, 5.41) is 13.2. The smallest absolute Gasteiger partial charge is 0.261 e. The summed E-state index contributed by atoms with van der Waals surface area (Å²) in [5.74, 6) is 0.503. The molecule has 2 heterocycles. The van der Waals surface area contributed by atoms with Crippen molar-refractivity contribution in [3.05, 3.63) is 28.8 Å². The Morgan fingerprint density at radius 1 is 1.43 bits per heavy atom. The predicted octanol–water partition coefficient (Wildman–Crippen LogP) is 1.30. The quantitative estimate of drug-likeness (QED) is 0.883. The molecule has 21 heavy (non-hydrogen) atoms. The minimum atomic E-state index is -0.592. The second-order valence-electron chi connectivity index (χ2n) is 5.60. The monoisotopic (exact) mass is 311 g/mol. The second kappa shape index (κ2) is 5.83. The number of amides is 1. The molecule has 0 aromatic heterocycles. The van der Waals surface area contributed by atoms with Crippen molar-refractivity contribution in [1.82, 2.24) is 5.32 Å². The maximum atomic E-state index is 12.4. The van der Waals surface area contributed by atoms with Gasteiger partial charge in [-0.1, -0.05) is 11.6 Å². The number of hydrogen-bond donors (Lipinski definition) is 2. The first-order valence-electron chi connectivity index (χ1n) is 7.08. The number of rotatable bonds is 3. The molecule has 0 radical (unpaired) electrons. The molecule has 0 saturated carbocycles. The summed E-state index contributed by atoms with van der Waals surface area (Å²) in [6.45, 7) is 0.998. The second-order valence-corrected chi connectivity index (χ2v) is 6.04. The average Bonchev–Trinajstić information content (AvgIpc) is 2.91. The van der Waals surface area contributed by atoms with Crippen molar-refractivity contribution < 1.29 is 19.4 Å². The van der Waals surface area contributed by atoms with Gasteiger partial charge in [-0.25, -0.2) is 0 Å². The zero-order valence-corrected chi connectivity index (χ0v) is 12.4. The Labute approximate surface area is 128 Å². The van der Waals surface area contributed by atoms with Crippen LogP contribution in [0, 0.1) is 0 Å². The fourth-order valence-corrected chi connectivity index (χ4v) is 2.98. The minimum absolute atomic E-state index is 0.0897. The van der Waals surface area contributed by atoms with E-state index in [2.05, 4.69) is 5.32 Å². The molecule has 0 spiro atoms. The first-order valence-corrected chi connectivity index (χ1v) is 7.45. The van der Waals surface area contributed by atoms with Gasteiger partial charge in [0.25, 0.3) is 5.91 Å². The molecule has 1 atom stereocenters. The Balaban J connectivity index is 1.67. The van der Waals surface area contributed by atoms with Crippen LogP contribution in [0.25, 0.3) is 0 Å². The van der Waals surface area contributed by atoms with E-state index in [-0.39, 0.29) is 12.5 Å². The molecule has 6 heteroatoms. The van der Waals surface area contributed by atoms with Crippen molar-refractivity contribution >= 4 is 17.5 Å². The SMILES string of the molecule is O=C(NC1(CO)CCOCC1)C1Cc2cc(Cl)ccc2O1. The fourth-order valence-electron chi connectivity index (χ4n) is 2.79. The predicted molar refractivity (Wildman–Crippen MR) is 77.6 cm³/mol. The number of ether oxygens (including phenoxy) is 2. The van der Waals surface area contributed by atoms with Gasteiger partial charge in [-0.2, -0.15) is 0 Å². The molecule has 1 unspecified atom stereocenters.